The van der Waals surface area contributed by atoms with Crippen LogP contribution < -0.4 is 15.4 Å². The number of urea groups is 1. The summed E-state index contributed by atoms with van der Waals surface area (Å²) in [7, 11) is 2.90. The van der Waals surface area contributed by atoms with Crippen LogP contribution >= 0.6 is 0 Å². The van der Waals surface area contributed by atoms with Gasteiger partial charge in [-0.25, -0.2) is 9.18 Å². The molecule has 0 saturated carbocycles. The molecule has 0 aromatic heterocycles. The minimum atomic E-state index is -2.90. The molecule has 0 heterocycles. The quantitative estimate of drug-likeness (QED) is 0.805. The molecule has 2 rings (SSSR count). The highest BCUT2D eigenvalue weighted by Crippen LogP contribution is 2.17. The van der Waals surface area contributed by atoms with E-state index < -0.39 is 24.4 Å². The lowest BCUT2D eigenvalue weighted by Gasteiger charge is -2.18. The van der Waals surface area contributed by atoms with Crippen molar-refractivity contribution in [2.75, 3.05) is 19.4 Å². The van der Waals surface area contributed by atoms with Crippen molar-refractivity contribution in [2.24, 2.45) is 0 Å². The van der Waals surface area contributed by atoms with Crippen molar-refractivity contribution in [3.8, 4) is 5.75 Å². The van der Waals surface area contributed by atoms with Gasteiger partial charge in [0.2, 0.25) is 0 Å². The van der Waals surface area contributed by atoms with Crippen molar-refractivity contribution < 1.29 is 27.5 Å². The van der Waals surface area contributed by atoms with Crippen LogP contribution in [0.4, 0.5) is 23.7 Å². The summed E-state index contributed by atoms with van der Waals surface area (Å²) < 4.78 is 42.2. The highest BCUT2D eigenvalue weighted by atomic mass is 19.3. The van der Waals surface area contributed by atoms with Gasteiger partial charge in [0.15, 0.2) is 0 Å². The van der Waals surface area contributed by atoms with Gasteiger partial charge in [-0.3, -0.25) is 4.79 Å². The van der Waals surface area contributed by atoms with E-state index in [1.54, 1.807) is 12.1 Å². The topological polar surface area (TPSA) is 70.7 Å². The van der Waals surface area contributed by atoms with Gasteiger partial charge in [-0.15, -0.1) is 0 Å². The van der Waals surface area contributed by atoms with Crippen molar-refractivity contribution in [3.63, 3.8) is 0 Å². The molecule has 2 aromatic carbocycles. The molecule has 0 spiro atoms. The average molecular weight is 381 g/mol. The first kappa shape index (κ1) is 20.1. The fourth-order valence-electron chi connectivity index (χ4n) is 2.25. The van der Waals surface area contributed by atoms with Crippen LogP contribution in [0.15, 0.2) is 42.5 Å². The van der Waals surface area contributed by atoms with Crippen molar-refractivity contribution in [1.82, 2.24) is 10.2 Å². The Hall–Kier alpha value is -3.23. The lowest BCUT2D eigenvalue weighted by atomic mass is 10.1. The van der Waals surface area contributed by atoms with Gasteiger partial charge < -0.3 is 20.3 Å². The first-order valence-electron chi connectivity index (χ1n) is 7.87. The Kier molecular flexibility index (Phi) is 6.64. The normalized spacial score (nSPS) is 10.4. The second-order valence-corrected chi connectivity index (χ2v) is 5.58. The van der Waals surface area contributed by atoms with Crippen molar-refractivity contribution in [2.45, 2.75) is 13.2 Å². The Bertz CT molecular complexity index is 813. The smallest absolute Gasteiger partial charge is 0.387 e. The van der Waals surface area contributed by atoms with Gasteiger partial charge in [0.25, 0.3) is 5.91 Å². The summed E-state index contributed by atoms with van der Waals surface area (Å²) in [4.78, 5) is 25.2. The summed E-state index contributed by atoms with van der Waals surface area (Å²) in [5.41, 5.74) is 0.763. The van der Waals surface area contributed by atoms with Crippen LogP contribution in [-0.2, 0) is 6.54 Å². The SMILES string of the molecule is CNC(=O)c1cc(NC(=O)N(C)Cc2ccc(OC(F)F)cc2)ccc1F. The molecule has 27 heavy (non-hydrogen) atoms. The molecule has 6 nitrogen and oxygen atoms in total. The molecule has 2 N–H and O–H groups in total. The van der Waals surface area contributed by atoms with Gasteiger partial charge in [0.1, 0.15) is 11.6 Å². The second kappa shape index (κ2) is 8.93. The van der Waals surface area contributed by atoms with Crippen molar-refractivity contribution in [1.29, 1.82) is 0 Å². The van der Waals surface area contributed by atoms with E-state index in [1.165, 1.54) is 43.3 Å². The molecule has 0 bridgehead atoms. The molecule has 0 unspecified atom stereocenters. The van der Waals surface area contributed by atoms with Gasteiger partial charge >= 0.3 is 12.6 Å². The first-order chi connectivity index (χ1) is 12.8. The van der Waals surface area contributed by atoms with Gasteiger partial charge in [-0.05, 0) is 35.9 Å². The van der Waals surface area contributed by atoms with E-state index in [0.717, 1.165) is 6.07 Å². The minimum Gasteiger partial charge on any atom is -0.435 e. The highest BCUT2D eigenvalue weighted by Gasteiger charge is 2.14. The number of alkyl halides is 2. The third-order valence-corrected chi connectivity index (χ3v) is 3.60. The molecule has 3 amide bonds. The molecule has 0 fully saturated rings. The van der Waals surface area contributed by atoms with Crippen molar-refractivity contribution >= 4 is 17.6 Å². The van der Waals surface area contributed by atoms with Crippen LogP contribution in [0.5, 0.6) is 5.75 Å². The number of hydrogen-bond donors (Lipinski definition) is 2. The number of rotatable bonds is 6. The van der Waals surface area contributed by atoms with Crippen LogP contribution in [0.3, 0.4) is 0 Å². The number of hydrogen-bond acceptors (Lipinski definition) is 3. The number of amides is 3. The minimum absolute atomic E-state index is 0.0221. The summed E-state index contributed by atoms with van der Waals surface area (Å²) in [6.07, 6.45) is 0. The van der Waals surface area contributed by atoms with E-state index in [1.807, 2.05) is 0 Å². The third-order valence-electron chi connectivity index (χ3n) is 3.60. The molecule has 0 aliphatic rings. The summed E-state index contributed by atoms with van der Waals surface area (Å²) >= 11 is 0. The van der Waals surface area contributed by atoms with Gasteiger partial charge in [-0.2, -0.15) is 8.78 Å². The number of nitrogens with zero attached hydrogens (tertiary/aromatic N) is 1. The number of nitrogens with one attached hydrogen (secondary N) is 2. The van der Waals surface area contributed by atoms with Crippen LogP contribution in [0, 0.1) is 5.82 Å². The molecular weight excluding hydrogens is 363 g/mol. The Morgan fingerprint density at radius 2 is 1.81 bits per heavy atom. The van der Waals surface area contributed by atoms with Crippen LogP contribution in [-0.4, -0.2) is 37.5 Å². The highest BCUT2D eigenvalue weighted by molar-refractivity contribution is 5.96. The molecule has 9 heteroatoms. The summed E-state index contributed by atoms with van der Waals surface area (Å²) in [5, 5.41) is 4.88. The van der Waals surface area contributed by atoms with E-state index in [2.05, 4.69) is 15.4 Å². The number of benzene rings is 2. The lowest BCUT2D eigenvalue weighted by molar-refractivity contribution is -0.0498. The molecule has 2 aromatic rings. The zero-order valence-corrected chi connectivity index (χ0v) is 14.6. The Morgan fingerprint density at radius 1 is 1.15 bits per heavy atom. The van der Waals surface area contributed by atoms with Crippen LogP contribution in [0.2, 0.25) is 0 Å². The fourth-order valence-corrected chi connectivity index (χ4v) is 2.25. The third kappa shape index (κ3) is 5.63. The zero-order valence-electron chi connectivity index (χ0n) is 14.6. The van der Waals surface area contributed by atoms with E-state index in [4.69, 9.17) is 0 Å². The standard InChI is InChI=1S/C18H18F3N3O3/c1-22-16(25)14-9-12(5-8-15(14)19)23-18(26)24(2)10-11-3-6-13(7-4-11)27-17(20)21/h3-9,17H,10H2,1-2H3,(H,22,25)(H,23,26). The maximum atomic E-state index is 13.7. The van der Waals surface area contributed by atoms with E-state index in [-0.39, 0.29) is 23.5 Å². The molecule has 0 radical (unpaired) electrons. The maximum absolute atomic E-state index is 13.7. The summed E-state index contributed by atoms with van der Waals surface area (Å²) in [5.74, 6) is -1.29. The molecule has 0 aliphatic carbocycles. The maximum Gasteiger partial charge on any atom is 0.387 e. The van der Waals surface area contributed by atoms with E-state index >= 15 is 0 Å². The fraction of sp³-hybridized carbons (Fsp3) is 0.222. The largest absolute Gasteiger partial charge is 0.435 e. The van der Waals surface area contributed by atoms with Gasteiger partial charge in [0, 0.05) is 26.3 Å². The first-order valence-corrected chi connectivity index (χ1v) is 7.87. The Balaban J connectivity index is 2.00. The summed E-state index contributed by atoms with van der Waals surface area (Å²) in [6, 6.07) is 9.04. The Labute approximate surface area is 153 Å². The monoisotopic (exact) mass is 381 g/mol. The zero-order chi connectivity index (χ0) is 20.0. The Morgan fingerprint density at radius 3 is 2.41 bits per heavy atom. The predicted octanol–water partition coefficient (Wildman–Crippen LogP) is 3.45. The van der Waals surface area contributed by atoms with E-state index in [0.29, 0.717) is 5.56 Å². The second-order valence-electron chi connectivity index (χ2n) is 5.58. The van der Waals surface area contributed by atoms with Gasteiger partial charge in [0.05, 0.1) is 5.56 Å². The number of halogens is 3. The summed E-state index contributed by atoms with van der Waals surface area (Å²) in [6.45, 7) is -2.70. The molecular formula is C18H18F3N3O3. The molecule has 0 saturated heterocycles. The number of ether oxygens (including phenoxy) is 1. The number of carbonyl (C=O) groups is 2. The molecule has 0 atom stereocenters. The van der Waals surface area contributed by atoms with Gasteiger partial charge in [-0.1, -0.05) is 12.1 Å². The number of carbonyl (C=O) groups excluding carboxylic acids is 2. The average Bonchev–Trinajstić information content (AvgIpc) is 2.63. The van der Waals surface area contributed by atoms with Crippen molar-refractivity contribution in [3.05, 3.63) is 59.4 Å². The molecule has 0 aliphatic heterocycles. The van der Waals surface area contributed by atoms with Crippen LogP contribution in [0.1, 0.15) is 15.9 Å². The van der Waals surface area contributed by atoms with Crippen LogP contribution in [0.25, 0.3) is 0 Å². The lowest BCUT2D eigenvalue weighted by Crippen LogP contribution is -2.31. The number of anilines is 1. The molecule has 144 valence electrons. The van der Waals surface area contributed by atoms with E-state index in [9.17, 15) is 22.8 Å². The predicted molar refractivity (Wildman–Crippen MR) is 93.3 cm³/mol.